The lowest BCUT2D eigenvalue weighted by atomic mass is 9.94. The van der Waals surface area contributed by atoms with Gasteiger partial charge in [-0.2, -0.15) is 10.2 Å². The van der Waals surface area contributed by atoms with E-state index in [9.17, 15) is 8.42 Å². The molecular formula is C22H26N6O4S. The lowest BCUT2D eigenvalue weighted by Gasteiger charge is -2.27. The Hall–Kier alpha value is -3.44. The molecule has 1 N–H and O–H groups in total. The highest BCUT2D eigenvalue weighted by atomic mass is 32.2. The number of nitrogens with zero attached hydrogens (tertiary/aromatic N) is 5. The first kappa shape index (κ1) is 22.7. The predicted octanol–water partition coefficient (Wildman–Crippen LogP) is 3.24. The van der Waals surface area contributed by atoms with Gasteiger partial charge >= 0.3 is 0 Å². The molecule has 0 radical (unpaired) electrons. The molecule has 0 saturated heterocycles. The number of rotatable bonds is 8. The number of sulfonamides is 1. The van der Waals surface area contributed by atoms with E-state index in [1.54, 1.807) is 37.3 Å². The number of pyridine rings is 1. The number of aromatic nitrogens is 5. The summed E-state index contributed by atoms with van der Waals surface area (Å²) in [6.45, 7) is 4.02. The van der Waals surface area contributed by atoms with Gasteiger partial charge in [0.05, 0.1) is 25.1 Å². The number of benzene rings is 1. The Morgan fingerprint density at radius 3 is 2.67 bits per heavy atom. The Morgan fingerprint density at radius 2 is 1.97 bits per heavy atom. The number of methoxy groups -OCH3 is 2. The summed E-state index contributed by atoms with van der Waals surface area (Å²) in [7, 11) is 0.921. The predicted molar refractivity (Wildman–Crippen MR) is 124 cm³/mol. The van der Waals surface area contributed by atoms with E-state index in [1.807, 2.05) is 32.0 Å². The van der Waals surface area contributed by atoms with Crippen molar-refractivity contribution in [1.82, 2.24) is 24.5 Å². The molecule has 0 saturated carbocycles. The van der Waals surface area contributed by atoms with E-state index in [0.717, 1.165) is 17.4 Å². The second-order valence-corrected chi connectivity index (χ2v) is 9.48. The van der Waals surface area contributed by atoms with Crippen LogP contribution in [0.2, 0.25) is 0 Å². The van der Waals surface area contributed by atoms with Crippen LogP contribution in [0.15, 0.2) is 53.9 Å². The van der Waals surface area contributed by atoms with Crippen molar-refractivity contribution in [3.05, 3.63) is 54.6 Å². The van der Waals surface area contributed by atoms with E-state index in [2.05, 4.69) is 19.9 Å². The van der Waals surface area contributed by atoms with Gasteiger partial charge < -0.3 is 9.47 Å². The third-order valence-electron chi connectivity index (χ3n) is 5.80. The summed E-state index contributed by atoms with van der Waals surface area (Å²) in [5, 5.41) is 9.37. The molecule has 0 bridgehead atoms. The molecule has 0 aliphatic carbocycles. The largest absolute Gasteiger partial charge is 0.494 e. The Morgan fingerprint density at radius 1 is 1.18 bits per heavy atom. The number of hydrogen-bond acceptors (Lipinski definition) is 7. The summed E-state index contributed by atoms with van der Waals surface area (Å²) < 4.78 is 43.0. The Labute approximate surface area is 192 Å². The van der Waals surface area contributed by atoms with Crippen LogP contribution >= 0.6 is 0 Å². The highest BCUT2D eigenvalue weighted by Gasteiger charge is 2.25. The van der Waals surface area contributed by atoms with E-state index in [-0.39, 0.29) is 10.6 Å². The number of fused-ring (bicyclic) bond motifs is 1. The van der Waals surface area contributed by atoms with Gasteiger partial charge in [-0.1, -0.05) is 6.92 Å². The van der Waals surface area contributed by atoms with Gasteiger partial charge in [0, 0.05) is 31.9 Å². The summed E-state index contributed by atoms with van der Waals surface area (Å²) in [6, 6.07) is 7.22. The molecule has 3 aromatic heterocycles. The number of hydrogen-bond donors (Lipinski definition) is 1. The molecule has 0 aliphatic rings. The number of nitrogens with one attached hydrogen (secondary N) is 1. The summed E-state index contributed by atoms with van der Waals surface area (Å²) >= 11 is 0. The third-order valence-corrected chi connectivity index (χ3v) is 7.10. The molecule has 0 amide bonds. The molecule has 1 aromatic carbocycles. The lowest BCUT2D eigenvalue weighted by Crippen LogP contribution is -2.23. The molecule has 0 aliphatic heterocycles. The molecule has 0 unspecified atom stereocenters. The van der Waals surface area contributed by atoms with Crippen LogP contribution in [0.4, 0.5) is 5.69 Å². The van der Waals surface area contributed by atoms with E-state index in [4.69, 9.17) is 9.47 Å². The van der Waals surface area contributed by atoms with Crippen LogP contribution in [0, 0.1) is 0 Å². The van der Waals surface area contributed by atoms with Gasteiger partial charge in [-0.05, 0) is 43.2 Å². The van der Waals surface area contributed by atoms with Crippen molar-refractivity contribution >= 4 is 26.6 Å². The summed E-state index contributed by atoms with van der Waals surface area (Å²) in [4.78, 5) is 4.32. The maximum atomic E-state index is 13.2. The maximum absolute atomic E-state index is 13.2. The Balaban J connectivity index is 1.69. The van der Waals surface area contributed by atoms with Gasteiger partial charge in [0.1, 0.15) is 21.8 Å². The van der Waals surface area contributed by atoms with Gasteiger partial charge in [-0.15, -0.1) is 0 Å². The van der Waals surface area contributed by atoms with Gasteiger partial charge in [0.15, 0.2) is 5.82 Å². The van der Waals surface area contributed by atoms with Crippen LogP contribution in [0.25, 0.3) is 16.7 Å². The van der Waals surface area contributed by atoms with Crippen LogP contribution in [-0.2, 0) is 27.4 Å². The van der Waals surface area contributed by atoms with Crippen molar-refractivity contribution in [3.63, 3.8) is 0 Å². The highest BCUT2D eigenvalue weighted by molar-refractivity contribution is 7.92. The fourth-order valence-electron chi connectivity index (χ4n) is 3.56. The molecule has 11 heteroatoms. The van der Waals surface area contributed by atoms with Crippen molar-refractivity contribution in [2.75, 3.05) is 18.9 Å². The van der Waals surface area contributed by atoms with E-state index in [1.165, 1.54) is 24.2 Å². The normalized spacial score (nSPS) is 13.7. The number of aryl methyl sites for hydroxylation is 1. The molecule has 10 nitrogen and oxygen atoms in total. The van der Waals surface area contributed by atoms with Crippen molar-refractivity contribution < 1.29 is 17.9 Å². The van der Waals surface area contributed by atoms with Gasteiger partial charge in [-0.25, -0.2) is 18.1 Å². The molecule has 0 spiro atoms. The minimum atomic E-state index is -3.98. The van der Waals surface area contributed by atoms with Crippen molar-refractivity contribution in [2.24, 2.45) is 7.05 Å². The zero-order valence-corrected chi connectivity index (χ0v) is 19.9. The quantitative estimate of drug-likeness (QED) is 0.421. The fraction of sp³-hybridized carbons (Fsp3) is 0.318. The molecule has 1 atom stereocenters. The first-order chi connectivity index (χ1) is 15.7. The zero-order chi connectivity index (χ0) is 23.8. The molecule has 3 heterocycles. The van der Waals surface area contributed by atoms with Crippen LogP contribution in [-0.4, -0.2) is 47.2 Å². The van der Waals surface area contributed by atoms with Gasteiger partial charge in [-0.3, -0.25) is 9.40 Å². The molecule has 0 fully saturated rings. The third kappa shape index (κ3) is 4.16. The summed E-state index contributed by atoms with van der Waals surface area (Å²) in [6.07, 6.45) is 6.90. The van der Waals surface area contributed by atoms with Gasteiger partial charge in [0.2, 0.25) is 0 Å². The van der Waals surface area contributed by atoms with E-state index in [0.29, 0.717) is 17.1 Å². The zero-order valence-electron chi connectivity index (χ0n) is 19.1. The monoisotopic (exact) mass is 470 g/mol. The topological polar surface area (TPSA) is 113 Å². The number of anilines is 1. The highest BCUT2D eigenvalue weighted by Crippen LogP contribution is 2.34. The minimum Gasteiger partial charge on any atom is -0.494 e. The SMILES string of the molecule is CC[C@@](C)(OC)c1ccnc(-n2cc(S(=O)(=O)Nc3c(OC)ccc4cn(C)nc34)cn2)c1. The smallest absolute Gasteiger partial charge is 0.265 e. The Kier molecular flexibility index (Phi) is 5.85. The summed E-state index contributed by atoms with van der Waals surface area (Å²) in [5.41, 5.74) is 1.18. The molecule has 4 rings (SSSR count). The first-order valence-corrected chi connectivity index (χ1v) is 11.8. The van der Waals surface area contributed by atoms with E-state index >= 15 is 0 Å². The lowest BCUT2D eigenvalue weighted by molar-refractivity contribution is -0.00147. The summed E-state index contributed by atoms with van der Waals surface area (Å²) in [5.74, 6) is 0.847. The minimum absolute atomic E-state index is 0.0188. The molecule has 174 valence electrons. The second kappa shape index (κ2) is 8.49. The standard InChI is InChI=1S/C22H26N6O4S/c1-6-22(2,32-5)16-9-10-23-19(11-16)28-14-17(12-24-28)33(29,30)26-21-18(31-4)8-7-15-13-27(3)25-20(15)21/h7-14,26H,6H2,1-5H3/t22-/m1/s1. The average Bonchev–Trinajstić information content (AvgIpc) is 3.46. The van der Waals surface area contributed by atoms with Gasteiger partial charge in [0.25, 0.3) is 10.0 Å². The van der Waals surface area contributed by atoms with E-state index < -0.39 is 15.6 Å². The van der Waals surface area contributed by atoms with Crippen LogP contribution in [0.1, 0.15) is 25.8 Å². The molecule has 33 heavy (non-hydrogen) atoms. The average molecular weight is 471 g/mol. The number of ether oxygens (including phenoxy) is 2. The van der Waals surface area contributed by atoms with Crippen molar-refractivity contribution in [3.8, 4) is 11.6 Å². The Bertz CT molecular complexity index is 1410. The van der Waals surface area contributed by atoms with Crippen LogP contribution in [0.5, 0.6) is 5.75 Å². The van der Waals surface area contributed by atoms with Crippen molar-refractivity contribution in [2.45, 2.75) is 30.8 Å². The molecular weight excluding hydrogens is 444 g/mol. The van der Waals surface area contributed by atoms with Crippen LogP contribution in [0.3, 0.4) is 0 Å². The van der Waals surface area contributed by atoms with Crippen molar-refractivity contribution in [1.29, 1.82) is 0 Å². The fourth-order valence-corrected chi connectivity index (χ4v) is 4.57. The second-order valence-electron chi connectivity index (χ2n) is 7.80. The van der Waals surface area contributed by atoms with Crippen LogP contribution < -0.4 is 9.46 Å². The molecule has 4 aromatic rings. The maximum Gasteiger partial charge on any atom is 0.265 e. The first-order valence-electron chi connectivity index (χ1n) is 10.3.